The molecule has 3 rings (SSSR count). The lowest BCUT2D eigenvalue weighted by atomic mass is 10.2. The number of aryl methyl sites for hydroxylation is 1. The number of rotatable bonds is 6. The van der Waals surface area contributed by atoms with Crippen LogP contribution >= 0.6 is 11.8 Å². The van der Waals surface area contributed by atoms with Crippen molar-refractivity contribution in [2.75, 3.05) is 42.3 Å². The molecule has 0 unspecified atom stereocenters. The number of anilines is 2. The maximum atomic E-state index is 12.2. The molecule has 0 radical (unpaired) electrons. The molecule has 0 atom stereocenters. The van der Waals surface area contributed by atoms with Crippen molar-refractivity contribution >= 4 is 29.0 Å². The summed E-state index contributed by atoms with van der Waals surface area (Å²) >= 11 is 1.64. The Labute approximate surface area is 153 Å². The van der Waals surface area contributed by atoms with Crippen LogP contribution in [0, 0.1) is 6.92 Å². The fourth-order valence-electron chi connectivity index (χ4n) is 2.86. The van der Waals surface area contributed by atoms with Crippen molar-refractivity contribution in [3.8, 4) is 0 Å². The molecule has 2 aromatic carbocycles. The first-order valence-corrected chi connectivity index (χ1v) is 9.72. The molecule has 4 nitrogen and oxygen atoms in total. The van der Waals surface area contributed by atoms with Crippen molar-refractivity contribution in [1.82, 2.24) is 0 Å². The number of amides is 1. The number of nitrogens with zero attached hydrogens (tertiary/aromatic N) is 1. The van der Waals surface area contributed by atoms with Crippen LogP contribution in [-0.4, -0.2) is 38.0 Å². The molecule has 1 amide bonds. The van der Waals surface area contributed by atoms with Crippen LogP contribution in [-0.2, 0) is 15.3 Å². The monoisotopic (exact) mass is 356 g/mol. The number of carbonyl (C=O) groups is 1. The van der Waals surface area contributed by atoms with Gasteiger partial charge in [-0.25, -0.2) is 0 Å². The maximum absolute atomic E-state index is 12.2. The molecule has 1 heterocycles. The lowest BCUT2D eigenvalue weighted by molar-refractivity contribution is -0.113. The van der Waals surface area contributed by atoms with Gasteiger partial charge in [-0.3, -0.25) is 4.79 Å². The van der Waals surface area contributed by atoms with E-state index >= 15 is 0 Å². The van der Waals surface area contributed by atoms with Crippen molar-refractivity contribution in [1.29, 1.82) is 0 Å². The van der Waals surface area contributed by atoms with Crippen molar-refractivity contribution < 1.29 is 9.53 Å². The van der Waals surface area contributed by atoms with Crippen LogP contribution in [0.4, 0.5) is 11.4 Å². The van der Waals surface area contributed by atoms with E-state index in [-0.39, 0.29) is 5.91 Å². The summed E-state index contributed by atoms with van der Waals surface area (Å²) in [5, 5.41) is 3.00. The molecule has 1 saturated heterocycles. The molecular weight excluding hydrogens is 332 g/mol. The highest BCUT2D eigenvalue weighted by Gasteiger charge is 2.12. The molecule has 1 aliphatic rings. The first kappa shape index (κ1) is 17.8. The number of carbonyl (C=O) groups excluding carboxylic acids is 1. The maximum Gasteiger partial charge on any atom is 0.234 e. The third-order valence-corrected chi connectivity index (χ3v) is 5.09. The molecular formula is C20H24N2O2S. The summed E-state index contributed by atoms with van der Waals surface area (Å²) in [5.41, 5.74) is 4.49. The number of ether oxygens (including phenoxy) is 1. The highest BCUT2D eigenvalue weighted by molar-refractivity contribution is 7.99. The molecule has 0 spiro atoms. The zero-order chi connectivity index (χ0) is 17.5. The van der Waals surface area contributed by atoms with Gasteiger partial charge in [-0.2, -0.15) is 0 Å². The highest BCUT2D eigenvalue weighted by Crippen LogP contribution is 2.21. The summed E-state index contributed by atoms with van der Waals surface area (Å²) < 4.78 is 5.39. The van der Waals surface area contributed by atoms with Gasteiger partial charge >= 0.3 is 0 Å². The quantitative estimate of drug-likeness (QED) is 0.857. The minimum absolute atomic E-state index is 0.0387. The minimum atomic E-state index is 0.0387. The van der Waals surface area contributed by atoms with Crippen molar-refractivity contribution in [2.24, 2.45) is 0 Å². The SMILES string of the molecule is Cc1cccc(CSCC(=O)Nc2cccc(N3CCOCC3)c2)c1. The smallest absolute Gasteiger partial charge is 0.234 e. The largest absolute Gasteiger partial charge is 0.378 e. The molecule has 25 heavy (non-hydrogen) atoms. The molecule has 132 valence electrons. The topological polar surface area (TPSA) is 41.6 Å². The Kier molecular flexibility index (Phi) is 6.36. The molecule has 1 fully saturated rings. The fourth-order valence-corrected chi connectivity index (χ4v) is 3.64. The van der Waals surface area contributed by atoms with Crippen molar-refractivity contribution in [3.05, 3.63) is 59.7 Å². The first-order chi connectivity index (χ1) is 12.2. The van der Waals surface area contributed by atoms with Crippen LogP contribution in [0.2, 0.25) is 0 Å². The minimum Gasteiger partial charge on any atom is -0.378 e. The normalized spacial score (nSPS) is 14.4. The number of thioether (sulfide) groups is 1. The van der Waals surface area contributed by atoms with Crippen LogP contribution in [0.3, 0.4) is 0 Å². The second kappa shape index (κ2) is 8.92. The molecule has 1 aliphatic heterocycles. The second-order valence-corrected chi connectivity index (χ2v) is 7.17. The predicted molar refractivity (Wildman–Crippen MR) is 105 cm³/mol. The molecule has 5 heteroatoms. The first-order valence-electron chi connectivity index (χ1n) is 8.56. The Hall–Kier alpha value is -1.98. The van der Waals surface area contributed by atoms with Gasteiger partial charge in [0.2, 0.25) is 5.91 Å². The summed E-state index contributed by atoms with van der Waals surface area (Å²) in [5.74, 6) is 1.34. The highest BCUT2D eigenvalue weighted by atomic mass is 32.2. The number of nitrogens with one attached hydrogen (secondary N) is 1. The van der Waals surface area contributed by atoms with E-state index in [4.69, 9.17) is 4.74 Å². The van der Waals surface area contributed by atoms with E-state index in [1.165, 1.54) is 11.1 Å². The van der Waals surface area contributed by atoms with Gasteiger partial charge in [0.25, 0.3) is 0 Å². The lowest BCUT2D eigenvalue weighted by Crippen LogP contribution is -2.36. The summed E-state index contributed by atoms with van der Waals surface area (Å²) in [7, 11) is 0. The van der Waals surface area contributed by atoms with Gasteiger partial charge in [-0.1, -0.05) is 35.9 Å². The van der Waals surface area contributed by atoms with Crippen molar-refractivity contribution in [2.45, 2.75) is 12.7 Å². The van der Waals surface area contributed by atoms with E-state index < -0.39 is 0 Å². The van der Waals surface area contributed by atoms with Gasteiger partial charge in [-0.15, -0.1) is 11.8 Å². The van der Waals surface area contributed by atoms with Gasteiger partial charge in [0, 0.05) is 30.2 Å². The predicted octanol–water partition coefficient (Wildman–Crippen LogP) is 3.70. The van der Waals surface area contributed by atoms with Gasteiger partial charge in [-0.05, 0) is 30.7 Å². The molecule has 0 bridgehead atoms. The number of hydrogen-bond acceptors (Lipinski definition) is 4. The summed E-state index contributed by atoms with van der Waals surface area (Å²) in [6.07, 6.45) is 0. The number of hydrogen-bond donors (Lipinski definition) is 1. The number of benzene rings is 2. The van der Waals surface area contributed by atoms with E-state index in [9.17, 15) is 4.79 Å². The van der Waals surface area contributed by atoms with Crippen molar-refractivity contribution in [3.63, 3.8) is 0 Å². The molecule has 0 aliphatic carbocycles. The summed E-state index contributed by atoms with van der Waals surface area (Å²) in [6.45, 7) is 5.38. The average molecular weight is 356 g/mol. The van der Waals surface area contributed by atoms with E-state index in [0.29, 0.717) is 5.75 Å². The third kappa shape index (κ3) is 5.51. The molecule has 2 aromatic rings. The van der Waals surface area contributed by atoms with E-state index in [1.807, 2.05) is 18.2 Å². The number of morpholine rings is 1. The van der Waals surface area contributed by atoms with Gasteiger partial charge in [0.1, 0.15) is 0 Å². The molecule has 0 saturated carbocycles. The Balaban J connectivity index is 1.49. The zero-order valence-electron chi connectivity index (χ0n) is 14.5. The van der Waals surface area contributed by atoms with Crippen LogP contribution in [0.1, 0.15) is 11.1 Å². The van der Waals surface area contributed by atoms with Gasteiger partial charge < -0.3 is 15.0 Å². The molecule has 1 N–H and O–H groups in total. The fraction of sp³-hybridized carbons (Fsp3) is 0.350. The van der Waals surface area contributed by atoms with E-state index in [0.717, 1.165) is 43.4 Å². The Morgan fingerprint density at radius 2 is 1.96 bits per heavy atom. The van der Waals surface area contributed by atoms with E-state index in [1.54, 1.807) is 11.8 Å². The van der Waals surface area contributed by atoms with Crippen LogP contribution in [0.5, 0.6) is 0 Å². The second-order valence-electron chi connectivity index (χ2n) is 6.18. The average Bonchev–Trinajstić information content (AvgIpc) is 2.63. The lowest BCUT2D eigenvalue weighted by Gasteiger charge is -2.29. The Morgan fingerprint density at radius 1 is 1.16 bits per heavy atom. The summed E-state index contributed by atoms with van der Waals surface area (Å²) in [6, 6.07) is 16.4. The molecule has 0 aromatic heterocycles. The van der Waals surface area contributed by atoms with Crippen LogP contribution < -0.4 is 10.2 Å². The summed E-state index contributed by atoms with van der Waals surface area (Å²) in [4.78, 5) is 14.5. The zero-order valence-corrected chi connectivity index (χ0v) is 15.3. The van der Waals surface area contributed by atoms with Gasteiger partial charge in [0.15, 0.2) is 0 Å². The third-order valence-electron chi connectivity index (χ3n) is 4.09. The Bertz CT molecular complexity index is 714. The standard InChI is InChI=1S/C20H24N2O2S/c1-16-4-2-5-17(12-16)14-25-15-20(23)21-18-6-3-7-19(13-18)22-8-10-24-11-9-22/h2-7,12-13H,8-11,14-15H2,1H3,(H,21,23). The van der Waals surface area contributed by atoms with Crippen LogP contribution in [0.25, 0.3) is 0 Å². The van der Waals surface area contributed by atoms with Crippen LogP contribution in [0.15, 0.2) is 48.5 Å². The Morgan fingerprint density at radius 3 is 2.76 bits per heavy atom. The van der Waals surface area contributed by atoms with Gasteiger partial charge in [0.05, 0.1) is 19.0 Å². The van der Waals surface area contributed by atoms with E-state index in [2.05, 4.69) is 47.5 Å².